The van der Waals surface area contributed by atoms with Gasteiger partial charge in [-0.25, -0.2) is 4.98 Å². The number of nitrogens with zero attached hydrogens (tertiary/aromatic N) is 1. The van der Waals surface area contributed by atoms with Crippen LogP contribution in [0.4, 0.5) is 0 Å². The number of H-pyrrole nitrogens is 1. The fourth-order valence-corrected chi connectivity index (χ4v) is 3.29. The summed E-state index contributed by atoms with van der Waals surface area (Å²) in [5.74, 6) is 1.35. The zero-order valence-electron chi connectivity index (χ0n) is 13.8. The van der Waals surface area contributed by atoms with Crippen LogP contribution in [0.25, 0.3) is 10.9 Å². The summed E-state index contributed by atoms with van der Waals surface area (Å²) >= 11 is 9.48. The van der Waals surface area contributed by atoms with E-state index in [1.165, 1.54) is 0 Å². The van der Waals surface area contributed by atoms with Gasteiger partial charge in [0.15, 0.2) is 0 Å². The number of methoxy groups -OCH3 is 1. The number of benzene rings is 2. The number of rotatable bonds is 5. The number of halogens is 2. The van der Waals surface area contributed by atoms with E-state index in [0.29, 0.717) is 28.3 Å². The molecule has 0 aliphatic carbocycles. The fourth-order valence-electron chi connectivity index (χ4n) is 2.56. The van der Waals surface area contributed by atoms with Crippen LogP contribution < -0.4 is 15.6 Å². The maximum absolute atomic E-state index is 12.2. The molecule has 3 rings (SSSR count). The van der Waals surface area contributed by atoms with Crippen molar-refractivity contribution in [1.29, 1.82) is 0 Å². The van der Waals surface area contributed by atoms with E-state index in [2.05, 4.69) is 31.2 Å². The summed E-state index contributed by atoms with van der Waals surface area (Å²) in [5.41, 5.74) is 1.52. The molecule has 2 N–H and O–H groups in total. The van der Waals surface area contributed by atoms with Gasteiger partial charge in [0.05, 0.1) is 29.0 Å². The van der Waals surface area contributed by atoms with Crippen LogP contribution in [0.3, 0.4) is 0 Å². The van der Waals surface area contributed by atoms with Gasteiger partial charge < -0.3 is 15.0 Å². The lowest BCUT2D eigenvalue weighted by molar-refractivity contribution is 0.411. The van der Waals surface area contributed by atoms with Gasteiger partial charge in [-0.05, 0) is 58.7 Å². The number of fused-ring (bicyclic) bond motifs is 1. The Morgan fingerprint density at radius 2 is 2.12 bits per heavy atom. The molecule has 0 aliphatic rings. The first kappa shape index (κ1) is 17.9. The van der Waals surface area contributed by atoms with Gasteiger partial charge in [0.2, 0.25) is 0 Å². The van der Waals surface area contributed by atoms with E-state index in [-0.39, 0.29) is 11.6 Å². The Hall–Kier alpha value is -1.89. The zero-order valence-corrected chi connectivity index (χ0v) is 16.1. The van der Waals surface area contributed by atoms with Crippen LogP contribution in [0.1, 0.15) is 24.4 Å². The lowest BCUT2D eigenvalue weighted by Crippen LogP contribution is -2.22. The minimum absolute atomic E-state index is 0.0718. The van der Waals surface area contributed by atoms with E-state index in [9.17, 15) is 4.79 Å². The first-order valence-electron chi connectivity index (χ1n) is 7.73. The summed E-state index contributed by atoms with van der Waals surface area (Å²) in [4.78, 5) is 19.4. The molecule has 0 aliphatic heterocycles. The molecule has 7 heteroatoms. The SMILES string of the molecule is COc1ccc([C@H](C)NCc2nc3cc(Cl)ccc3c(=O)[nH]2)cc1Br. The summed E-state index contributed by atoms with van der Waals surface area (Å²) < 4.78 is 6.14. The van der Waals surface area contributed by atoms with Crippen LogP contribution in [0.5, 0.6) is 5.75 Å². The molecule has 130 valence electrons. The highest BCUT2D eigenvalue weighted by Gasteiger charge is 2.10. The van der Waals surface area contributed by atoms with Crippen molar-refractivity contribution in [1.82, 2.24) is 15.3 Å². The van der Waals surface area contributed by atoms with Crippen LogP contribution in [0.2, 0.25) is 5.02 Å². The zero-order chi connectivity index (χ0) is 18.0. The predicted octanol–water partition coefficient (Wildman–Crippen LogP) is 4.20. The summed E-state index contributed by atoms with van der Waals surface area (Å²) in [7, 11) is 1.63. The number of nitrogens with one attached hydrogen (secondary N) is 2. The third-order valence-electron chi connectivity index (χ3n) is 3.97. The second-order valence-electron chi connectivity index (χ2n) is 5.67. The maximum atomic E-state index is 12.2. The fraction of sp³-hybridized carbons (Fsp3) is 0.222. The lowest BCUT2D eigenvalue weighted by atomic mass is 10.1. The van der Waals surface area contributed by atoms with E-state index in [4.69, 9.17) is 16.3 Å². The number of hydrogen-bond donors (Lipinski definition) is 2. The molecule has 1 aromatic heterocycles. The largest absolute Gasteiger partial charge is 0.496 e. The van der Waals surface area contributed by atoms with Crippen LogP contribution in [0.15, 0.2) is 45.7 Å². The molecule has 25 heavy (non-hydrogen) atoms. The molecule has 5 nitrogen and oxygen atoms in total. The molecule has 0 saturated heterocycles. The van der Waals surface area contributed by atoms with Gasteiger partial charge in [-0.2, -0.15) is 0 Å². The van der Waals surface area contributed by atoms with Gasteiger partial charge in [0, 0.05) is 11.1 Å². The van der Waals surface area contributed by atoms with Crippen LogP contribution in [0, 0.1) is 0 Å². The van der Waals surface area contributed by atoms with Crippen molar-refractivity contribution >= 4 is 38.4 Å². The number of ether oxygens (including phenoxy) is 1. The van der Waals surface area contributed by atoms with Crippen molar-refractivity contribution < 1.29 is 4.74 Å². The highest BCUT2D eigenvalue weighted by atomic mass is 79.9. The van der Waals surface area contributed by atoms with Crippen LogP contribution in [-0.2, 0) is 6.54 Å². The molecular formula is C18H17BrClN3O2. The second-order valence-corrected chi connectivity index (χ2v) is 6.96. The lowest BCUT2D eigenvalue weighted by Gasteiger charge is -2.15. The summed E-state index contributed by atoms with van der Waals surface area (Å²) in [5, 5.41) is 4.44. The van der Waals surface area contributed by atoms with Gasteiger partial charge in [0.25, 0.3) is 5.56 Å². The summed E-state index contributed by atoms with van der Waals surface area (Å²) in [6.07, 6.45) is 0. The molecule has 0 amide bonds. The van der Waals surface area contributed by atoms with Crippen molar-refractivity contribution in [2.24, 2.45) is 0 Å². The minimum atomic E-state index is -0.168. The maximum Gasteiger partial charge on any atom is 0.258 e. The van der Waals surface area contributed by atoms with Crippen molar-refractivity contribution in [3.05, 3.63) is 67.6 Å². The molecule has 0 fully saturated rings. The molecular weight excluding hydrogens is 406 g/mol. The van der Waals surface area contributed by atoms with Crippen molar-refractivity contribution in [2.45, 2.75) is 19.5 Å². The Morgan fingerprint density at radius 3 is 2.84 bits per heavy atom. The van der Waals surface area contributed by atoms with Gasteiger partial charge in [-0.1, -0.05) is 17.7 Å². The van der Waals surface area contributed by atoms with Crippen molar-refractivity contribution in [3.8, 4) is 5.75 Å². The molecule has 3 aromatic rings. The van der Waals surface area contributed by atoms with Gasteiger partial charge in [0.1, 0.15) is 11.6 Å². The highest BCUT2D eigenvalue weighted by molar-refractivity contribution is 9.10. The molecule has 0 saturated carbocycles. The van der Waals surface area contributed by atoms with Crippen molar-refractivity contribution in [3.63, 3.8) is 0 Å². The Bertz CT molecular complexity index is 974. The molecule has 2 aromatic carbocycles. The Morgan fingerprint density at radius 1 is 1.32 bits per heavy atom. The van der Waals surface area contributed by atoms with Crippen LogP contribution >= 0.6 is 27.5 Å². The quantitative estimate of drug-likeness (QED) is 0.647. The molecule has 0 unspecified atom stereocenters. The molecule has 0 radical (unpaired) electrons. The number of hydrogen-bond acceptors (Lipinski definition) is 4. The summed E-state index contributed by atoms with van der Waals surface area (Å²) in [6.45, 7) is 2.48. The van der Waals surface area contributed by atoms with E-state index in [0.717, 1.165) is 15.8 Å². The topological polar surface area (TPSA) is 67.0 Å². The van der Waals surface area contributed by atoms with E-state index >= 15 is 0 Å². The molecule has 1 heterocycles. The third-order valence-corrected chi connectivity index (χ3v) is 4.82. The number of aromatic amines is 1. The highest BCUT2D eigenvalue weighted by Crippen LogP contribution is 2.28. The molecule has 1 atom stereocenters. The standard InChI is InChI=1S/C18H17BrClN3O2/c1-10(11-3-6-16(25-2)14(19)7-11)21-9-17-22-15-8-12(20)4-5-13(15)18(24)23-17/h3-8,10,21H,9H2,1-2H3,(H,22,23,24)/t10-/m0/s1. The van der Waals surface area contributed by atoms with Gasteiger partial charge >= 0.3 is 0 Å². The smallest absolute Gasteiger partial charge is 0.258 e. The Balaban J connectivity index is 1.78. The minimum Gasteiger partial charge on any atom is -0.496 e. The van der Waals surface area contributed by atoms with Gasteiger partial charge in [-0.3, -0.25) is 4.79 Å². The first-order chi connectivity index (χ1) is 12.0. The summed E-state index contributed by atoms with van der Waals surface area (Å²) in [6, 6.07) is 11.0. The first-order valence-corrected chi connectivity index (χ1v) is 8.90. The third kappa shape index (κ3) is 4.03. The Kier molecular flexibility index (Phi) is 5.42. The van der Waals surface area contributed by atoms with Crippen LogP contribution in [-0.4, -0.2) is 17.1 Å². The predicted molar refractivity (Wildman–Crippen MR) is 103 cm³/mol. The average Bonchev–Trinajstić information content (AvgIpc) is 2.59. The Labute approximate surface area is 158 Å². The second kappa shape index (κ2) is 7.56. The van der Waals surface area contributed by atoms with Crippen molar-refractivity contribution in [2.75, 3.05) is 7.11 Å². The van der Waals surface area contributed by atoms with E-state index < -0.39 is 0 Å². The average molecular weight is 423 g/mol. The van der Waals surface area contributed by atoms with E-state index in [1.807, 2.05) is 25.1 Å². The van der Waals surface area contributed by atoms with E-state index in [1.54, 1.807) is 25.3 Å². The number of aromatic nitrogens is 2. The molecule has 0 bridgehead atoms. The monoisotopic (exact) mass is 421 g/mol. The normalized spacial score (nSPS) is 12.3. The van der Waals surface area contributed by atoms with Gasteiger partial charge in [-0.15, -0.1) is 0 Å². The molecule has 0 spiro atoms.